The van der Waals surface area contributed by atoms with Crippen molar-refractivity contribution in [3.05, 3.63) is 65.7 Å². The van der Waals surface area contributed by atoms with E-state index in [2.05, 4.69) is 10.6 Å². The van der Waals surface area contributed by atoms with Gasteiger partial charge in [0.1, 0.15) is 23.9 Å². The maximum absolute atomic E-state index is 13.7. The van der Waals surface area contributed by atoms with Crippen LogP contribution in [0.4, 0.5) is 0 Å². The third-order valence-corrected chi connectivity index (χ3v) is 6.48. The molecule has 4 atom stereocenters. The second-order valence-corrected chi connectivity index (χ2v) is 9.49. The zero-order valence-corrected chi connectivity index (χ0v) is 21.3. The second-order valence-electron chi connectivity index (χ2n) is 9.49. The molecule has 0 saturated carbocycles. The first-order valence-electron chi connectivity index (χ1n) is 12.5. The van der Waals surface area contributed by atoms with Gasteiger partial charge >= 0.3 is 5.97 Å². The molecule has 2 aromatic carbocycles. The molecule has 0 bridgehead atoms. The number of benzene rings is 2. The van der Waals surface area contributed by atoms with Gasteiger partial charge in [0, 0.05) is 13.0 Å². The standard InChI is InChI=1S/C27H33N5O7/c28-19(13-16-5-2-1-3-6-16)24(35)30-20(14-17-8-10-18(33)11-9-17)26(37)32-12-4-7-22(32)25(36)31-21(27(38)39)15-23(29)34/h1-3,5-6,8-11,19-22,33H,4,7,12-15,28H2,(H2,29,34)(H,30,35)(H,31,36)(H,38,39). The summed E-state index contributed by atoms with van der Waals surface area (Å²) >= 11 is 0. The Hall–Kier alpha value is -4.45. The summed E-state index contributed by atoms with van der Waals surface area (Å²) in [6, 6.07) is 10.8. The number of carboxylic acid groups (broad SMARTS) is 1. The smallest absolute Gasteiger partial charge is 0.326 e. The van der Waals surface area contributed by atoms with E-state index in [1.54, 1.807) is 12.1 Å². The third kappa shape index (κ3) is 8.27. The Morgan fingerprint density at radius 1 is 0.923 bits per heavy atom. The van der Waals surface area contributed by atoms with E-state index in [9.17, 15) is 34.2 Å². The van der Waals surface area contributed by atoms with Gasteiger partial charge in [0.15, 0.2) is 0 Å². The Morgan fingerprint density at radius 2 is 1.56 bits per heavy atom. The number of carbonyl (C=O) groups excluding carboxylic acids is 4. The van der Waals surface area contributed by atoms with Gasteiger partial charge in [-0.2, -0.15) is 0 Å². The van der Waals surface area contributed by atoms with Crippen molar-refractivity contribution in [2.45, 2.75) is 56.3 Å². The Labute approximate surface area is 225 Å². The van der Waals surface area contributed by atoms with Crippen molar-refractivity contribution in [2.24, 2.45) is 11.5 Å². The van der Waals surface area contributed by atoms with Crippen LogP contribution in [0, 0.1) is 0 Å². The number of phenolic OH excluding ortho intramolecular Hbond substituents is 1. The first kappa shape index (κ1) is 29.1. The second kappa shape index (κ2) is 13.4. The molecule has 39 heavy (non-hydrogen) atoms. The summed E-state index contributed by atoms with van der Waals surface area (Å²) in [6.45, 7) is 0.211. The van der Waals surface area contributed by atoms with Gasteiger partial charge in [-0.25, -0.2) is 4.79 Å². The SMILES string of the molecule is NC(=O)CC(NC(=O)C1CCCN1C(=O)C(Cc1ccc(O)cc1)NC(=O)C(N)Cc1ccccc1)C(=O)O. The first-order valence-corrected chi connectivity index (χ1v) is 12.5. The highest BCUT2D eigenvalue weighted by Crippen LogP contribution is 2.21. The van der Waals surface area contributed by atoms with Crippen molar-refractivity contribution in [1.82, 2.24) is 15.5 Å². The lowest BCUT2D eigenvalue weighted by atomic mass is 10.0. The number of hydrogen-bond donors (Lipinski definition) is 6. The molecule has 12 heteroatoms. The van der Waals surface area contributed by atoms with E-state index in [1.807, 2.05) is 30.3 Å². The monoisotopic (exact) mass is 539 g/mol. The molecule has 12 nitrogen and oxygen atoms in total. The van der Waals surface area contributed by atoms with Crippen LogP contribution >= 0.6 is 0 Å². The molecule has 1 heterocycles. The van der Waals surface area contributed by atoms with Crippen molar-refractivity contribution in [1.29, 1.82) is 0 Å². The molecule has 1 fully saturated rings. The predicted octanol–water partition coefficient (Wildman–Crippen LogP) is -0.575. The van der Waals surface area contributed by atoms with Crippen molar-refractivity contribution in [2.75, 3.05) is 6.54 Å². The van der Waals surface area contributed by atoms with Crippen molar-refractivity contribution >= 4 is 29.6 Å². The fraction of sp³-hybridized carbons (Fsp3) is 0.370. The number of carbonyl (C=O) groups is 5. The van der Waals surface area contributed by atoms with Crippen LogP contribution in [0.3, 0.4) is 0 Å². The first-order chi connectivity index (χ1) is 18.5. The molecule has 8 N–H and O–H groups in total. The number of likely N-dealkylation sites (tertiary alicyclic amines) is 1. The van der Waals surface area contributed by atoms with E-state index in [1.165, 1.54) is 17.0 Å². The van der Waals surface area contributed by atoms with Gasteiger partial charge in [-0.05, 0) is 42.5 Å². The topological polar surface area (TPSA) is 205 Å². The highest BCUT2D eigenvalue weighted by atomic mass is 16.4. The Morgan fingerprint density at radius 3 is 2.18 bits per heavy atom. The lowest BCUT2D eigenvalue weighted by Gasteiger charge is -2.30. The molecule has 1 saturated heterocycles. The Bertz CT molecular complexity index is 1190. The van der Waals surface area contributed by atoms with Crippen LogP contribution in [0.25, 0.3) is 0 Å². The summed E-state index contributed by atoms with van der Waals surface area (Å²) in [4.78, 5) is 63.7. The molecule has 3 rings (SSSR count). The van der Waals surface area contributed by atoms with Crippen LogP contribution in [-0.2, 0) is 36.8 Å². The molecule has 208 valence electrons. The third-order valence-electron chi connectivity index (χ3n) is 6.48. The van der Waals surface area contributed by atoms with Gasteiger partial charge in [-0.15, -0.1) is 0 Å². The van der Waals surface area contributed by atoms with Gasteiger partial charge in [0.05, 0.1) is 12.5 Å². The number of hydrogen-bond acceptors (Lipinski definition) is 7. The van der Waals surface area contributed by atoms with Crippen LogP contribution in [0.2, 0.25) is 0 Å². The minimum Gasteiger partial charge on any atom is -0.508 e. The molecular weight excluding hydrogens is 506 g/mol. The molecule has 0 aliphatic carbocycles. The molecule has 4 unspecified atom stereocenters. The number of aromatic hydroxyl groups is 1. The molecule has 1 aliphatic heterocycles. The Balaban J connectivity index is 1.78. The van der Waals surface area contributed by atoms with Crippen LogP contribution in [0.5, 0.6) is 5.75 Å². The Kier molecular flexibility index (Phi) is 9.98. The molecule has 0 aromatic heterocycles. The van der Waals surface area contributed by atoms with Crippen LogP contribution in [0.1, 0.15) is 30.4 Å². The summed E-state index contributed by atoms with van der Waals surface area (Å²) in [5, 5.41) is 24.0. The number of nitrogens with one attached hydrogen (secondary N) is 2. The molecule has 4 amide bonds. The maximum Gasteiger partial charge on any atom is 0.326 e. The maximum atomic E-state index is 13.7. The summed E-state index contributed by atoms with van der Waals surface area (Å²) in [6.07, 6.45) is 0.463. The van der Waals surface area contributed by atoms with Crippen LogP contribution in [0.15, 0.2) is 54.6 Å². The average molecular weight is 540 g/mol. The summed E-state index contributed by atoms with van der Waals surface area (Å²) in [7, 11) is 0. The molecular formula is C27H33N5O7. The van der Waals surface area contributed by atoms with Crippen LogP contribution < -0.4 is 22.1 Å². The molecule has 0 spiro atoms. The zero-order valence-electron chi connectivity index (χ0n) is 21.3. The number of nitrogens with zero attached hydrogens (tertiary/aromatic N) is 1. The molecule has 2 aromatic rings. The predicted molar refractivity (Wildman–Crippen MR) is 140 cm³/mol. The van der Waals surface area contributed by atoms with Gasteiger partial charge in [-0.3, -0.25) is 19.2 Å². The number of rotatable bonds is 12. The quantitative estimate of drug-likeness (QED) is 0.205. The highest BCUT2D eigenvalue weighted by molar-refractivity contribution is 5.95. The van der Waals surface area contributed by atoms with E-state index < -0.39 is 60.2 Å². The summed E-state index contributed by atoms with van der Waals surface area (Å²) < 4.78 is 0. The average Bonchev–Trinajstić information content (AvgIpc) is 3.39. The minimum absolute atomic E-state index is 0.0377. The number of amides is 4. The number of phenols is 1. The van der Waals surface area contributed by atoms with Gasteiger partial charge in [0.25, 0.3) is 0 Å². The molecule has 1 aliphatic rings. The number of aliphatic carboxylic acids is 1. The van der Waals surface area contributed by atoms with Gasteiger partial charge in [-0.1, -0.05) is 42.5 Å². The fourth-order valence-electron chi connectivity index (χ4n) is 4.48. The van der Waals surface area contributed by atoms with Crippen molar-refractivity contribution in [3.8, 4) is 5.75 Å². The molecule has 0 radical (unpaired) electrons. The summed E-state index contributed by atoms with van der Waals surface area (Å²) in [5.74, 6) is -4.11. The van der Waals surface area contributed by atoms with E-state index in [-0.39, 0.29) is 31.6 Å². The van der Waals surface area contributed by atoms with E-state index in [0.29, 0.717) is 12.0 Å². The van der Waals surface area contributed by atoms with Crippen molar-refractivity contribution in [3.63, 3.8) is 0 Å². The fourth-order valence-corrected chi connectivity index (χ4v) is 4.48. The minimum atomic E-state index is -1.53. The van der Waals surface area contributed by atoms with E-state index in [0.717, 1.165) is 5.56 Å². The largest absolute Gasteiger partial charge is 0.508 e. The summed E-state index contributed by atoms with van der Waals surface area (Å²) in [5.41, 5.74) is 12.7. The zero-order chi connectivity index (χ0) is 28.5. The number of primary amides is 1. The van der Waals surface area contributed by atoms with E-state index >= 15 is 0 Å². The van der Waals surface area contributed by atoms with Crippen LogP contribution in [-0.4, -0.2) is 75.4 Å². The lowest BCUT2D eigenvalue weighted by molar-refractivity contribution is -0.145. The highest BCUT2D eigenvalue weighted by Gasteiger charge is 2.39. The number of nitrogens with two attached hydrogens (primary N) is 2. The van der Waals surface area contributed by atoms with E-state index in [4.69, 9.17) is 11.5 Å². The van der Waals surface area contributed by atoms with Gasteiger partial charge < -0.3 is 37.2 Å². The lowest BCUT2D eigenvalue weighted by Crippen LogP contribution is -2.57. The normalized spacial score (nSPS) is 17.1. The van der Waals surface area contributed by atoms with Crippen molar-refractivity contribution < 1.29 is 34.2 Å². The number of carboxylic acids is 1. The van der Waals surface area contributed by atoms with Gasteiger partial charge in [0.2, 0.25) is 23.6 Å².